The van der Waals surface area contributed by atoms with Crippen LogP contribution in [0.25, 0.3) is 0 Å². The molecule has 1 fully saturated rings. The summed E-state index contributed by atoms with van der Waals surface area (Å²) in [5.41, 5.74) is 0.743. The van der Waals surface area contributed by atoms with Crippen LogP contribution in [0, 0.1) is 5.41 Å². The summed E-state index contributed by atoms with van der Waals surface area (Å²) in [6.07, 6.45) is 2.37. The smallest absolute Gasteiger partial charge is 0.255 e. The zero-order chi connectivity index (χ0) is 15.6. The summed E-state index contributed by atoms with van der Waals surface area (Å²) < 4.78 is 11.1. The Morgan fingerprint density at radius 1 is 1.35 bits per heavy atom. The van der Waals surface area contributed by atoms with Crippen LogP contribution in [0.5, 0.6) is 11.5 Å². The predicted molar refractivity (Wildman–Crippen MR) is 91.8 cm³/mol. The van der Waals surface area contributed by atoms with E-state index in [0.29, 0.717) is 42.9 Å². The quantitative estimate of drug-likeness (QED) is 0.887. The van der Waals surface area contributed by atoms with Crippen molar-refractivity contribution >= 4 is 18.3 Å². The van der Waals surface area contributed by atoms with Crippen molar-refractivity contribution in [2.75, 3.05) is 26.3 Å². The van der Waals surface area contributed by atoms with Crippen molar-refractivity contribution < 1.29 is 14.3 Å². The Morgan fingerprint density at radius 2 is 2.13 bits per heavy atom. The molecule has 1 aromatic rings. The number of fused-ring (bicyclic) bond motifs is 1. The van der Waals surface area contributed by atoms with E-state index in [-0.39, 0.29) is 23.7 Å². The van der Waals surface area contributed by atoms with Crippen LogP contribution in [0.15, 0.2) is 18.2 Å². The van der Waals surface area contributed by atoms with Crippen LogP contribution in [0.1, 0.15) is 37.0 Å². The topological polar surface area (TPSA) is 59.6 Å². The van der Waals surface area contributed by atoms with Crippen molar-refractivity contribution in [3.63, 3.8) is 0 Å². The summed E-state index contributed by atoms with van der Waals surface area (Å²) in [6, 6.07) is 5.73. The third-order valence-corrected chi connectivity index (χ3v) is 4.61. The standard InChI is InChI=1S/C17H24N2O3.ClH/c1-17(2)7-4-8-18-14(17)11-19-16(20)12-5-3-6-13-15(12)22-10-9-21-13;/h3,5-6,14,18H,4,7-11H2,1-2H3,(H,19,20);1H. The normalized spacial score (nSPS) is 21.9. The van der Waals surface area contributed by atoms with Crippen molar-refractivity contribution in [3.8, 4) is 11.5 Å². The molecule has 0 spiro atoms. The van der Waals surface area contributed by atoms with E-state index < -0.39 is 0 Å². The third-order valence-electron chi connectivity index (χ3n) is 4.61. The van der Waals surface area contributed by atoms with E-state index in [2.05, 4.69) is 24.5 Å². The molecule has 1 amide bonds. The Bertz CT molecular complexity index is 563. The third kappa shape index (κ3) is 3.90. The van der Waals surface area contributed by atoms with Crippen LogP contribution in [-0.4, -0.2) is 38.3 Å². The highest BCUT2D eigenvalue weighted by Crippen LogP contribution is 2.34. The second-order valence-electron chi connectivity index (χ2n) is 6.64. The number of piperidine rings is 1. The van der Waals surface area contributed by atoms with Gasteiger partial charge in [-0.25, -0.2) is 0 Å². The van der Waals surface area contributed by atoms with Gasteiger partial charge in [-0.1, -0.05) is 19.9 Å². The molecule has 2 heterocycles. The largest absolute Gasteiger partial charge is 0.486 e. The molecule has 23 heavy (non-hydrogen) atoms. The van der Waals surface area contributed by atoms with Gasteiger partial charge >= 0.3 is 0 Å². The minimum Gasteiger partial charge on any atom is -0.486 e. The molecule has 1 saturated heterocycles. The first kappa shape index (κ1) is 17.9. The van der Waals surface area contributed by atoms with Gasteiger partial charge in [0.2, 0.25) is 0 Å². The van der Waals surface area contributed by atoms with E-state index in [0.717, 1.165) is 6.54 Å². The van der Waals surface area contributed by atoms with E-state index in [9.17, 15) is 4.79 Å². The predicted octanol–water partition coefficient (Wildman–Crippen LogP) is 2.39. The van der Waals surface area contributed by atoms with Gasteiger partial charge in [-0.3, -0.25) is 4.79 Å². The lowest BCUT2D eigenvalue weighted by atomic mass is 9.77. The molecule has 0 bridgehead atoms. The van der Waals surface area contributed by atoms with Crippen LogP contribution < -0.4 is 20.1 Å². The number of nitrogens with one attached hydrogen (secondary N) is 2. The monoisotopic (exact) mass is 340 g/mol. The highest BCUT2D eigenvalue weighted by molar-refractivity contribution is 5.97. The van der Waals surface area contributed by atoms with Crippen LogP contribution in [-0.2, 0) is 0 Å². The zero-order valence-electron chi connectivity index (χ0n) is 13.7. The summed E-state index contributed by atoms with van der Waals surface area (Å²) >= 11 is 0. The summed E-state index contributed by atoms with van der Waals surface area (Å²) in [4.78, 5) is 12.5. The van der Waals surface area contributed by atoms with E-state index in [1.54, 1.807) is 6.07 Å². The lowest BCUT2D eigenvalue weighted by molar-refractivity contribution is 0.0918. The zero-order valence-corrected chi connectivity index (χ0v) is 14.5. The molecule has 6 heteroatoms. The molecule has 0 aliphatic carbocycles. The van der Waals surface area contributed by atoms with Gasteiger partial charge in [0.1, 0.15) is 13.2 Å². The minimum absolute atomic E-state index is 0. The van der Waals surface area contributed by atoms with Crippen LogP contribution >= 0.6 is 12.4 Å². The summed E-state index contributed by atoms with van der Waals surface area (Å²) in [5.74, 6) is 1.10. The maximum Gasteiger partial charge on any atom is 0.255 e. The van der Waals surface area contributed by atoms with E-state index in [1.807, 2.05) is 12.1 Å². The van der Waals surface area contributed by atoms with Crippen LogP contribution in [0.4, 0.5) is 0 Å². The average molecular weight is 341 g/mol. The fourth-order valence-corrected chi connectivity index (χ4v) is 3.16. The Labute approximate surface area is 143 Å². The van der Waals surface area contributed by atoms with Gasteiger partial charge in [-0.2, -0.15) is 0 Å². The number of benzene rings is 1. The lowest BCUT2D eigenvalue weighted by Gasteiger charge is -2.39. The average Bonchev–Trinajstić information content (AvgIpc) is 2.52. The maximum absolute atomic E-state index is 12.5. The number of rotatable bonds is 3. The van der Waals surface area contributed by atoms with Crippen molar-refractivity contribution in [3.05, 3.63) is 23.8 Å². The fraction of sp³-hybridized carbons (Fsp3) is 0.588. The van der Waals surface area contributed by atoms with Gasteiger partial charge in [-0.15, -0.1) is 12.4 Å². The van der Waals surface area contributed by atoms with Crippen molar-refractivity contribution in [2.45, 2.75) is 32.7 Å². The molecule has 1 atom stereocenters. The van der Waals surface area contributed by atoms with Gasteiger partial charge in [0, 0.05) is 12.6 Å². The van der Waals surface area contributed by atoms with Crippen molar-refractivity contribution in [1.29, 1.82) is 0 Å². The molecule has 2 aliphatic heterocycles. The number of halogens is 1. The Morgan fingerprint density at radius 3 is 2.91 bits per heavy atom. The first-order valence-corrected chi connectivity index (χ1v) is 7.98. The lowest BCUT2D eigenvalue weighted by Crippen LogP contribution is -2.52. The molecule has 5 nitrogen and oxygen atoms in total. The molecule has 0 aromatic heterocycles. The van der Waals surface area contributed by atoms with Gasteiger partial charge in [0.05, 0.1) is 5.56 Å². The number of para-hydroxylation sites is 1. The van der Waals surface area contributed by atoms with E-state index >= 15 is 0 Å². The SMILES string of the molecule is CC1(C)CCCNC1CNC(=O)c1cccc2c1OCCO2.Cl. The second kappa shape index (κ2) is 7.41. The molecule has 0 radical (unpaired) electrons. The molecule has 3 rings (SSSR count). The fourth-order valence-electron chi connectivity index (χ4n) is 3.16. The number of hydrogen-bond acceptors (Lipinski definition) is 4. The van der Waals surface area contributed by atoms with Gasteiger partial charge in [0.25, 0.3) is 5.91 Å². The molecule has 0 saturated carbocycles. The van der Waals surface area contributed by atoms with Gasteiger partial charge in [0.15, 0.2) is 11.5 Å². The Balaban J connectivity index is 0.00000192. The van der Waals surface area contributed by atoms with Crippen molar-refractivity contribution in [2.24, 2.45) is 5.41 Å². The molecule has 2 N–H and O–H groups in total. The highest BCUT2D eigenvalue weighted by atomic mass is 35.5. The molecule has 1 aromatic carbocycles. The molecule has 128 valence electrons. The molecular formula is C17H25ClN2O3. The van der Waals surface area contributed by atoms with E-state index in [1.165, 1.54) is 12.8 Å². The first-order chi connectivity index (χ1) is 10.6. The maximum atomic E-state index is 12.5. The number of amides is 1. The van der Waals surface area contributed by atoms with Gasteiger partial charge in [-0.05, 0) is 36.9 Å². The Kier molecular flexibility index (Phi) is 5.76. The molecule has 1 unspecified atom stereocenters. The minimum atomic E-state index is -0.106. The number of hydrogen-bond donors (Lipinski definition) is 2. The van der Waals surface area contributed by atoms with Crippen molar-refractivity contribution in [1.82, 2.24) is 10.6 Å². The van der Waals surface area contributed by atoms with E-state index in [4.69, 9.17) is 9.47 Å². The molecular weight excluding hydrogens is 316 g/mol. The summed E-state index contributed by atoms with van der Waals surface area (Å²) in [7, 11) is 0. The summed E-state index contributed by atoms with van der Waals surface area (Å²) in [6.45, 7) is 7.14. The molecule has 2 aliphatic rings. The highest BCUT2D eigenvalue weighted by Gasteiger charge is 2.32. The first-order valence-electron chi connectivity index (χ1n) is 7.98. The Hall–Kier alpha value is -1.46. The number of carbonyl (C=O) groups is 1. The number of carbonyl (C=O) groups excluding carboxylic acids is 1. The van der Waals surface area contributed by atoms with Crippen LogP contribution in [0.2, 0.25) is 0 Å². The summed E-state index contributed by atoms with van der Waals surface area (Å²) in [5, 5.41) is 6.55. The second-order valence-corrected chi connectivity index (χ2v) is 6.64. The van der Waals surface area contributed by atoms with Gasteiger partial charge < -0.3 is 20.1 Å². The number of ether oxygens (including phenoxy) is 2. The van der Waals surface area contributed by atoms with Crippen LogP contribution in [0.3, 0.4) is 0 Å².